The first-order chi connectivity index (χ1) is 13.2. The number of aromatic nitrogens is 3. The molecule has 2 aromatic rings. The fourth-order valence-corrected chi connectivity index (χ4v) is 3.52. The average Bonchev–Trinajstić information content (AvgIpc) is 3.16. The molecular formula is C19H27N7O. The molecule has 8 heteroatoms. The third-order valence-corrected chi connectivity index (χ3v) is 4.99. The van der Waals surface area contributed by atoms with Crippen LogP contribution < -0.4 is 11.2 Å². The Kier molecular flexibility index (Phi) is 5.47. The van der Waals surface area contributed by atoms with Crippen LogP contribution in [-0.4, -0.2) is 70.8 Å². The fourth-order valence-electron chi connectivity index (χ4n) is 3.52. The Hall–Kier alpha value is -2.29. The van der Waals surface area contributed by atoms with E-state index >= 15 is 0 Å². The number of ether oxygens (including phenoxy) is 1. The minimum absolute atomic E-state index is 0.316. The van der Waals surface area contributed by atoms with Crippen LogP contribution in [0, 0.1) is 0 Å². The van der Waals surface area contributed by atoms with Crippen LogP contribution in [0.1, 0.15) is 24.7 Å². The van der Waals surface area contributed by atoms with E-state index in [-0.39, 0.29) is 0 Å². The third-order valence-electron chi connectivity index (χ3n) is 4.99. The number of pyridine rings is 1. The fraction of sp³-hybridized carbons (Fsp3) is 0.526. The van der Waals surface area contributed by atoms with Gasteiger partial charge < -0.3 is 15.5 Å². The van der Waals surface area contributed by atoms with Gasteiger partial charge in [-0.1, -0.05) is 13.3 Å². The van der Waals surface area contributed by atoms with Crippen molar-refractivity contribution in [2.75, 3.05) is 51.7 Å². The molecule has 144 valence electrons. The van der Waals surface area contributed by atoms with Crippen LogP contribution in [0.4, 0.5) is 5.95 Å². The SMILES string of the molecule is CCCc1nc(N)nc2ccc(C3=CN(CCN4CCOCC4)NC3)nc12. The topological polar surface area (TPSA) is 92.4 Å². The number of nitrogens with zero attached hydrogens (tertiary/aromatic N) is 5. The number of hydrazine groups is 1. The zero-order chi connectivity index (χ0) is 18.6. The molecular weight excluding hydrogens is 342 g/mol. The number of fused-ring (bicyclic) bond motifs is 1. The van der Waals surface area contributed by atoms with Crippen LogP contribution in [0.5, 0.6) is 0 Å². The molecule has 0 unspecified atom stereocenters. The maximum atomic E-state index is 5.84. The van der Waals surface area contributed by atoms with Crippen molar-refractivity contribution in [3.05, 3.63) is 29.7 Å². The zero-order valence-electron chi connectivity index (χ0n) is 15.8. The quantitative estimate of drug-likeness (QED) is 0.781. The molecule has 0 aromatic carbocycles. The summed E-state index contributed by atoms with van der Waals surface area (Å²) >= 11 is 0. The zero-order valence-corrected chi connectivity index (χ0v) is 15.8. The summed E-state index contributed by atoms with van der Waals surface area (Å²) in [7, 11) is 0. The van der Waals surface area contributed by atoms with Gasteiger partial charge in [0.15, 0.2) is 0 Å². The molecule has 0 aliphatic carbocycles. The van der Waals surface area contributed by atoms with Gasteiger partial charge >= 0.3 is 0 Å². The second kappa shape index (κ2) is 8.16. The van der Waals surface area contributed by atoms with Crippen molar-refractivity contribution in [3.8, 4) is 0 Å². The normalized spacial score (nSPS) is 18.3. The van der Waals surface area contributed by atoms with E-state index in [1.54, 1.807) is 0 Å². The lowest BCUT2D eigenvalue weighted by Crippen LogP contribution is -2.42. The molecule has 2 aliphatic rings. The van der Waals surface area contributed by atoms with Crippen LogP contribution in [-0.2, 0) is 11.2 Å². The highest BCUT2D eigenvalue weighted by Crippen LogP contribution is 2.22. The summed E-state index contributed by atoms with van der Waals surface area (Å²) in [5.74, 6) is 0.316. The lowest BCUT2D eigenvalue weighted by molar-refractivity contribution is 0.0340. The number of hydrogen-bond acceptors (Lipinski definition) is 8. The first-order valence-electron chi connectivity index (χ1n) is 9.67. The summed E-state index contributed by atoms with van der Waals surface area (Å²) in [5.41, 5.74) is 14.0. The van der Waals surface area contributed by atoms with E-state index in [0.717, 1.165) is 81.2 Å². The summed E-state index contributed by atoms with van der Waals surface area (Å²) in [6.07, 6.45) is 4.01. The molecule has 0 radical (unpaired) electrons. The van der Waals surface area contributed by atoms with Crippen LogP contribution in [0.25, 0.3) is 16.6 Å². The van der Waals surface area contributed by atoms with E-state index < -0.39 is 0 Å². The van der Waals surface area contributed by atoms with Gasteiger partial charge in [0.05, 0.1) is 30.1 Å². The summed E-state index contributed by atoms with van der Waals surface area (Å²) in [4.78, 5) is 16.0. The Balaban J connectivity index is 1.49. The molecule has 27 heavy (non-hydrogen) atoms. The smallest absolute Gasteiger partial charge is 0.220 e. The van der Waals surface area contributed by atoms with Crippen molar-refractivity contribution < 1.29 is 4.74 Å². The van der Waals surface area contributed by atoms with Crippen molar-refractivity contribution in [2.24, 2.45) is 0 Å². The Morgan fingerprint density at radius 2 is 2.00 bits per heavy atom. The maximum absolute atomic E-state index is 5.84. The summed E-state index contributed by atoms with van der Waals surface area (Å²) in [6, 6.07) is 4.01. The van der Waals surface area contributed by atoms with Gasteiger partial charge in [-0.3, -0.25) is 4.90 Å². The number of anilines is 1. The molecule has 0 spiro atoms. The van der Waals surface area contributed by atoms with E-state index in [0.29, 0.717) is 5.95 Å². The van der Waals surface area contributed by atoms with E-state index in [2.05, 4.69) is 38.4 Å². The van der Waals surface area contributed by atoms with E-state index in [1.807, 2.05) is 12.1 Å². The Morgan fingerprint density at radius 1 is 1.15 bits per heavy atom. The van der Waals surface area contributed by atoms with Gasteiger partial charge in [-0.25, -0.2) is 20.4 Å². The predicted molar refractivity (Wildman–Crippen MR) is 106 cm³/mol. The number of nitrogens with two attached hydrogens (primary N) is 1. The molecule has 1 saturated heterocycles. The lowest BCUT2D eigenvalue weighted by Gasteiger charge is -2.28. The second-order valence-electron chi connectivity index (χ2n) is 6.98. The number of nitrogen functional groups attached to an aromatic ring is 1. The molecule has 0 saturated carbocycles. The lowest BCUT2D eigenvalue weighted by atomic mass is 10.1. The van der Waals surface area contributed by atoms with Gasteiger partial charge in [0.25, 0.3) is 0 Å². The Labute approximate surface area is 159 Å². The van der Waals surface area contributed by atoms with Crippen molar-refractivity contribution in [3.63, 3.8) is 0 Å². The summed E-state index contributed by atoms with van der Waals surface area (Å²) < 4.78 is 5.41. The first kappa shape index (κ1) is 18.1. The van der Waals surface area contributed by atoms with E-state index in [4.69, 9.17) is 15.5 Å². The molecule has 0 amide bonds. The number of rotatable bonds is 6. The minimum Gasteiger partial charge on any atom is -0.379 e. The van der Waals surface area contributed by atoms with Crippen molar-refractivity contribution in [1.82, 2.24) is 30.3 Å². The molecule has 4 rings (SSSR count). The molecule has 4 heterocycles. The minimum atomic E-state index is 0.316. The average molecular weight is 369 g/mol. The first-order valence-corrected chi connectivity index (χ1v) is 9.67. The molecule has 1 fully saturated rings. The van der Waals surface area contributed by atoms with Crippen LogP contribution >= 0.6 is 0 Å². The van der Waals surface area contributed by atoms with Gasteiger partial charge in [0, 0.05) is 44.5 Å². The highest BCUT2D eigenvalue weighted by atomic mass is 16.5. The largest absolute Gasteiger partial charge is 0.379 e. The molecule has 8 nitrogen and oxygen atoms in total. The predicted octanol–water partition coefficient (Wildman–Crippen LogP) is 1.05. The summed E-state index contributed by atoms with van der Waals surface area (Å²) in [5, 5.41) is 2.16. The van der Waals surface area contributed by atoms with Crippen molar-refractivity contribution >= 4 is 22.6 Å². The highest BCUT2D eigenvalue weighted by Gasteiger charge is 2.18. The van der Waals surface area contributed by atoms with Gasteiger partial charge in [-0.05, 0) is 18.6 Å². The maximum Gasteiger partial charge on any atom is 0.220 e. The monoisotopic (exact) mass is 369 g/mol. The molecule has 0 bridgehead atoms. The number of morpholine rings is 1. The molecule has 0 atom stereocenters. The highest BCUT2D eigenvalue weighted by molar-refractivity contribution is 5.80. The van der Waals surface area contributed by atoms with Crippen LogP contribution in [0.15, 0.2) is 18.3 Å². The van der Waals surface area contributed by atoms with Gasteiger partial charge in [-0.15, -0.1) is 0 Å². The number of nitrogens with one attached hydrogen (secondary N) is 1. The molecule has 3 N–H and O–H groups in total. The number of aryl methyl sites for hydroxylation is 1. The van der Waals surface area contributed by atoms with Crippen molar-refractivity contribution in [1.29, 1.82) is 0 Å². The molecule has 2 aliphatic heterocycles. The van der Waals surface area contributed by atoms with Crippen LogP contribution in [0.3, 0.4) is 0 Å². The number of hydrogen-bond donors (Lipinski definition) is 2. The van der Waals surface area contributed by atoms with Gasteiger partial charge in [0.1, 0.15) is 5.52 Å². The second-order valence-corrected chi connectivity index (χ2v) is 6.98. The van der Waals surface area contributed by atoms with E-state index in [9.17, 15) is 0 Å². The van der Waals surface area contributed by atoms with Gasteiger partial charge in [-0.2, -0.15) is 0 Å². The summed E-state index contributed by atoms with van der Waals surface area (Å²) in [6.45, 7) is 8.57. The Bertz CT molecular complexity index is 832. The third kappa shape index (κ3) is 4.18. The molecule has 2 aromatic heterocycles. The van der Waals surface area contributed by atoms with Gasteiger partial charge in [0.2, 0.25) is 5.95 Å². The Morgan fingerprint density at radius 3 is 2.81 bits per heavy atom. The van der Waals surface area contributed by atoms with Crippen molar-refractivity contribution in [2.45, 2.75) is 19.8 Å². The van der Waals surface area contributed by atoms with E-state index in [1.165, 1.54) is 5.57 Å². The van der Waals surface area contributed by atoms with Crippen LogP contribution in [0.2, 0.25) is 0 Å². The standard InChI is InChI=1S/C19H27N7O/c1-2-3-16-18-17(24-19(20)23-16)5-4-15(22-18)14-12-21-26(13-14)7-6-25-8-10-27-11-9-25/h4-5,13,21H,2-3,6-12H2,1H3,(H2,20,23,24).